The van der Waals surface area contributed by atoms with Crippen molar-refractivity contribution in [2.24, 2.45) is 0 Å². The average Bonchev–Trinajstić information content (AvgIpc) is 2.48. The number of rotatable bonds is 4. The number of halogens is 2. The number of benzene rings is 2. The highest BCUT2D eigenvalue weighted by molar-refractivity contribution is 6.36. The van der Waals surface area contributed by atoms with E-state index in [1.807, 2.05) is 0 Å². The van der Waals surface area contributed by atoms with E-state index in [1.165, 1.54) is 25.3 Å². The second-order valence-corrected chi connectivity index (χ2v) is 4.60. The minimum Gasteiger partial charge on any atom is -0.494 e. The number of nitrogens with two attached hydrogens (primary N) is 1. The summed E-state index contributed by atoms with van der Waals surface area (Å²) in [5, 5.41) is 0.119. The highest BCUT2D eigenvalue weighted by atomic mass is 35.5. The van der Waals surface area contributed by atoms with E-state index in [1.54, 1.807) is 18.2 Å². The topological polar surface area (TPSA) is 61.5 Å². The summed E-state index contributed by atoms with van der Waals surface area (Å²) in [4.78, 5) is 11.9. The molecule has 0 amide bonds. The molecule has 0 atom stereocenters. The van der Waals surface area contributed by atoms with Gasteiger partial charge in [-0.3, -0.25) is 0 Å². The van der Waals surface area contributed by atoms with Gasteiger partial charge in [0, 0.05) is 5.56 Å². The van der Waals surface area contributed by atoms with E-state index in [2.05, 4.69) is 0 Å². The molecule has 2 rings (SSSR count). The van der Waals surface area contributed by atoms with Crippen LogP contribution in [0.3, 0.4) is 0 Å². The highest BCUT2D eigenvalue weighted by Crippen LogP contribution is 2.25. The zero-order chi connectivity index (χ0) is 15.4. The van der Waals surface area contributed by atoms with E-state index < -0.39 is 11.8 Å². The third-order valence-corrected chi connectivity index (χ3v) is 3.29. The maximum atomic E-state index is 13.9. The molecule has 21 heavy (non-hydrogen) atoms. The van der Waals surface area contributed by atoms with Crippen LogP contribution in [0.25, 0.3) is 0 Å². The lowest BCUT2D eigenvalue weighted by Gasteiger charge is -2.09. The van der Waals surface area contributed by atoms with Gasteiger partial charge in [0.1, 0.15) is 6.61 Å². The number of methoxy groups -OCH3 is 1. The first kappa shape index (κ1) is 15.1. The number of hydrogen-bond acceptors (Lipinski definition) is 4. The first-order chi connectivity index (χ1) is 10.0. The molecule has 2 N–H and O–H groups in total. The molecule has 0 saturated carbocycles. The highest BCUT2D eigenvalue weighted by Gasteiger charge is 2.15. The Morgan fingerprint density at radius 3 is 2.71 bits per heavy atom. The second kappa shape index (κ2) is 6.45. The van der Waals surface area contributed by atoms with Crippen molar-refractivity contribution in [3.8, 4) is 5.75 Å². The largest absolute Gasteiger partial charge is 0.494 e. The molecule has 110 valence electrons. The number of carbonyl (C=O) groups excluding carboxylic acids is 1. The van der Waals surface area contributed by atoms with Gasteiger partial charge >= 0.3 is 5.97 Å². The van der Waals surface area contributed by atoms with Crippen molar-refractivity contribution in [3.63, 3.8) is 0 Å². The Morgan fingerprint density at radius 2 is 2.00 bits per heavy atom. The van der Waals surface area contributed by atoms with Crippen LogP contribution in [0.5, 0.6) is 5.75 Å². The smallest absolute Gasteiger partial charge is 0.340 e. The predicted molar refractivity (Wildman–Crippen MR) is 77.9 cm³/mol. The standard InChI is InChI=1S/C15H13ClFNO3/c1-20-12-7-2-4-9(14(12)17)8-21-15(19)10-5-3-6-11(18)13(10)16/h2-7H,8,18H2,1H3. The fourth-order valence-electron chi connectivity index (χ4n) is 1.75. The van der Waals surface area contributed by atoms with E-state index in [4.69, 9.17) is 26.8 Å². The zero-order valence-corrected chi connectivity index (χ0v) is 12.0. The van der Waals surface area contributed by atoms with E-state index >= 15 is 0 Å². The molecule has 0 aliphatic rings. The van der Waals surface area contributed by atoms with Crippen LogP contribution in [0.1, 0.15) is 15.9 Å². The Balaban J connectivity index is 2.13. The molecule has 0 fully saturated rings. The Kier molecular flexibility index (Phi) is 4.65. The normalized spacial score (nSPS) is 10.2. The molecule has 2 aromatic rings. The van der Waals surface area contributed by atoms with Crippen LogP contribution >= 0.6 is 11.6 Å². The molecule has 0 saturated heterocycles. The van der Waals surface area contributed by atoms with Crippen molar-refractivity contribution in [3.05, 3.63) is 58.4 Å². The van der Waals surface area contributed by atoms with Crippen LogP contribution in [0.4, 0.5) is 10.1 Å². The number of anilines is 1. The minimum absolute atomic E-state index is 0.0885. The fourth-order valence-corrected chi connectivity index (χ4v) is 1.96. The maximum Gasteiger partial charge on any atom is 0.340 e. The third kappa shape index (κ3) is 3.25. The summed E-state index contributed by atoms with van der Waals surface area (Å²) in [6.45, 7) is -0.229. The van der Waals surface area contributed by atoms with Crippen LogP contribution in [0, 0.1) is 5.82 Å². The summed E-state index contributed by atoms with van der Waals surface area (Å²) in [7, 11) is 1.36. The number of nitrogen functional groups attached to an aromatic ring is 1. The Labute approximate surface area is 126 Å². The molecule has 0 bridgehead atoms. The van der Waals surface area contributed by atoms with Crippen molar-refractivity contribution in [1.82, 2.24) is 0 Å². The summed E-state index contributed by atoms with van der Waals surface area (Å²) < 4.78 is 23.8. The molecule has 0 aromatic heterocycles. The van der Waals surface area contributed by atoms with Crippen molar-refractivity contribution >= 4 is 23.3 Å². The Hall–Kier alpha value is -2.27. The van der Waals surface area contributed by atoms with E-state index in [0.717, 1.165) is 0 Å². The van der Waals surface area contributed by atoms with Gasteiger partial charge in [-0.1, -0.05) is 29.8 Å². The zero-order valence-electron chi connectivity index (χ0n) is 11.2. The molecule has 6 heteroatoms. The molecular weight excluding hydrogens is 297 g/mol. The SMILES string of the molecule is COc1cccc(COC(=O)c2cccc(N)c2Cl)c1F. The number of hydrogen-bond donors (Lipinski definition) is 1. The van der Waals surface area contributed by atoms with Crippen molar-refractivity contribution < 1.29 is 18.7 Å². The van der Waals surface area contributed by atoms with Crippen LogP contribution in [0.2, 0.25) is 5.02 Å². The first-order valence-corrected chi connectivity index (χ1v) is 6.45. The molecule has 0 radical (unpaired) electrons. The van der Waals surface area contributed by atoms with Gasteiger partial charge in [0.25, 0.3) is 0 Å². The van der Waals surface area contributed by atoms with Gasteiger partial charge in [0.15, 0.2) is 11.6 Å². The van der Waals surface area contributed by atoms with Crippen LogP contribution in [0.15, 0.2) is 36.4 Å². The average molecular weight is 310 g/mol. The maximum absolute atomic E-state index is 13.9. The molecule has 0 aliphatic carbocycles. The monoisotopic (exact) mass is 309 g/mol. The number of carbonyl (C=O) groups is 1. The molecule has 2 aromatic carbocycles. The summed E-state index contributed by atoms with van der Waals surface area (Å²) in [5.74, 6) is -1.15. The van der Waals surface area contributed by atoms with Gasteiger partial charge in [-0.2, -0.15) is 0 Å². The van der Waals surface area contributed by atoms with E-state index in [0.29, 0.717) is 0 Å². The lowest BCUT2D eigenvalue weighted by molar-refractivity contribution is 0.0468. The van der Waals surface area contributed by atoms with Gasteiger partial charge in [-0.15, -0.1) is 0 Å². The Bertz CT molecular complexity index is 676. The summed E-state index contributed by atoms with van der Waals surface area (Å²) in [6.07, 6.45) is 0. The van der Waals surface area contributed by atoms with Gasteiger partial charge in [-0.05, 0) is 18.2 Å². The van der Waals surface area contributed by atoms with Gasteiger partial charge in [0.05, 0.1) is 23.4 Å². The van der Waals surface area contributed by atoms with Gasteiger partial charge in [-0.25, -0.2) is 9.18 Å². The first-order valence-electron chi connectivity index (χ1n) is 6.07. The summed E-state index contributed by atoms with van der Waals surface area (Å²) in [6, 6.07) is 9.24. The van der Waals surface area contributed by atoms with Gasteiger partial charge < -0.3 is 15.2 Å². The van der Waals surface area contributed by atoms with E-state index in [-0.39, 0.29) is 34.2 Å². The molecule has 4 nitrogen and oxygen atoms in total. The summed E-state index contributed by atoms with van der Waals surface area (Å²) in [5.41, 5.74) is 6.24. The molecular formula is C15H13ClFNO3. The molecule has 0 unspecified atom stereocenters. The Morgan fingerprint density at radius 1 is 1.29 bits per heavy atom. The third-order valence-electron chi connectivity index (χ3n) is 2.87. The van der Waals surface area contributed by atoms with Crippen molar-refractivity contribution in [1.29, 1.82) is 0 Å². The van der Waals surface area contributed by atoms with E-state index in [9.17, 15) is 9.18 Å². The van der Waals surface area contributed by atoms with Crippen molar-refractivity contribution in [2.75, 3.05) is 12.8 Å². The predicted octanol–water partition coefficient (Wildman–Crippen LogP) is 3.43. The summed E-state index contributed by atoms with van der Waals surface area (Å²) >= 11 is 5.93. The number of esters is 1. The molecule has 0 heterocycles. The quantitative estimate of drug-likeness (QED) is 0.694. The van der Waals surface area contributed by atoms with Gasteiger partial charge in [0.2, 0.25) is 0 Å². The van der Waals surface area contributed by atoms with Crippen LogP contribution < -0.4 is 10.5 Å². The molecule has 0 aliphatic heterocycles. The fraction of sp³-hybridized carbons (Fsp3) is 0.133. The number of ether oxygens (including phenoxy) is 2. The van der Waals surface area contributed by atoms with Crippen LogP contribution in [-0.2, 0) is 11.3 Å². The lowest BCUT2D eigenvalue weighted by Crippen LogP contribution is -2.08. The molecule has 0 spiro atoms. The van der Waals surface area contributed by atoms with Crippen molar-refractivity contribution in [2.45, 2.75) is 6.61 Å². The minimum atomic E-state index is -0.672. The van der Waals surface area contributed by atoms with Crippen LogP contribution in [-0.4, -0.2) is 13.1 Å². The lowest BCUT2D eigenvalue weighted by atomic mass is 10.2. The second-order valence-electron chi connectivity index (χ2n) is 4.22.